The zero-order valence-corrected chi connectivity index (χ0v) is 15.1. The van der Waals surface area contributed by atoms with Gasteiger partial charge in [0.1, 0.15) is 0 Å². The van der Waals surface area contributed by atoms with E-state index in [0.717, 1.165) is 28.1 Å². The quantitative estimate of drug-likeness (QED) is 0.673. The molecule has 1 N–H and O–H groups in total. The zero-order valence-electron chi connectivity index (χ0n) is 13.5. The van der Waals surface area contributed by atoms with Crippen LogP contribution in [0.3, 0.4) is 0 Å². The van der Waals surface area contributed by atoms with Gasteiger partial charge in [0, 0.05) is 12.2 Å². The van der Waals surface area contributed by atoms with Gasteiger partial charge in [-0.05, 0) is 37.4 Å². The molecule has 24 heavy (non-hydrogen) atoms. The van der Waals surface area contributed by atoms with Crippen LogP contribution < -0.4 is 5.32 Å². The number of nitrogens with zero attached hydrogens (tertiary/aromatic N) is 3. The van der Waals surface area contributed by atoms with Gasteiger partial charge in [0.2, 0.25) is 5.91 Å². The summed E-state index contributed by atoms with van der Waals surface area (Å²) in [5, 5.41) is 14.0. The molecule has 0 spiro atoms. The average Bonchev–Trinajstić information content (AvgIpc) is 3.24. The summed E-state index contributed by atoms with van der Waals surface area (Å²) in [6.07, 6.45) is 0. The smallest absolute Gasteiger partial charge is 0.237 e. The van der Waals surface area contributed by atoms with Crippen molar-refractivity contribution in [2.75, 3.05) is 5.32 Å². The van der Waals surface area contributed by atoms with E-state index in [1.54, 1.807) is 11.3 Å². The first kappa shape index (κ1) is 16.7. The summed E-state index contributed by atoms with van der Waals surface area (Å²) < 4.78 is 2.04. The Morgan fingerprint density at radius 2 is 2.04 bits per heavy atom. The molecule has 2 aromatic heterocycles. The van der Waals surface area contributed by atoms with Crippen LogP contribution in [-0.4, -0.2) is 25.9 Å². The summed E-state index contributed by atoms with van der Waals surface area (Å²) in [6.45, 7) is 4.69. The van der Waals surface area contributed by atoms with Crippen molar-refractivity contribution >= 4 is 34.7 Å². The van der Waals surface area contributed by atoms with E-state index >= 15 is 0 Å². The van der Waals surface area contributed by atoms with Crippen molar-refractivity contribution in [2.24, 2.45) is 0 Å². The van der Waals surface area contributed by atoms with E-state index in [1.807, 2.05) is 59.3 Å². The first-order valence-electron chi connectivity index (χ1n) is 7.68. The molecule has 3 aromatic rings. The molecule has 1 atom stereocenters. The van der Waals surface area contributed by atoms with E-state index in [4.69, 9.17) is 0 Å². The van der Waals surface area contributed by atoms with Crippen LogP contribution in [0.1, 0.15) is 13.8 Å². The molecule has 0 bridgehead atoms. The Balaban J connectivity index is 1.72. The fourth-order valence-corrected chi connectivity index (χ4v) is 3.86. The lowest BCUT2D eigenvalue weighted by Crippen LogP contribution is -2.22. The SMILES string of the molecule is CCn1c(S[C@H](C)C(=O)Nc2ccccc2)nnc1-c1cccs1. The molecular formula is C17H18N4OS2. The van der Waals surface area contributed by atoms with Crippen LogP contribution in [0.2, 0.25) is 0 Å². The lowest BCUT2D eigenvalue weighted by atomic mass is 10.3. The average molecular weight is 358 g/mol. The van der Waals surface area contributed by atoms with E-state index in [2.05, 4.69) is 22.4 Å². The summed E-state index contributed by atoms with van der Waals surface area (Å²) in [7, 11) is 0. The maximum atomic E-state index is 12.4. The summed E-state index contributed by atoms with van der Waals surface area (Å²) in [5.41, 5.74) is 0.797. The van der Waals surface area contributed by atoms with Crippen molar-refractivity contribution in [1.82, 2.24) is 14.8 Å². The lowest BCUT2D eigenvalue weighted by molar-refractivity contribution is -0.115. The number of anilines is 1. The molecule has 0 unspecified atom stereocenters. The van der Waals surface area contributed by atoms with Crippen LogP contribution in [0, 0.1) is 0 Å². The standard InChI is InChI=1S/C17H18N4OS2/c1-3-21-15(14-10-7-11-23-14)19-20-17(21)24-12(2)16(22)18-13-8-5-4-6-9-13/h4-12H,3H2,1-2H3,(H,18,22)/t12-/m1/s1. The molecule has 2 heterocycles. The lowest BCUT2D eigenvalue weighted by Gasteiger charge is -2.12. The number of thiophene rings is 1. The van der Waals surface area contributed by atoms with Crippen LogP contribution in [0.5, 0.6) is 0 Å². The van der Waals surface area contributed by atoms with Crippen molar-refractivity contribution in [3.63, 3.8) is 0 Å². The van der Waals surface area contributed by atoms with E-state index in [1.165, 1.54) is 11.8 Å². The molecule has 0 saturated heterocycles. The highest BCUT2D eigenvalue weighted by Crippen LogP contribution is 2.29. The third-order valence-electron chi connectivity index (χ3n) is 3.47. The van der Waals surface area contributed by atoms with Gasteiger partial charge < -0.3 is 9.88 Å². The molecule has 0 aliphatic rings. The second-order valence-corrected chi connectivity index (χ2v) is 7.40. The van der Waals surface area contributed by atoms with Crippen LogP contribution in [0.25, 0.3) is 10.7 Å². The Kier molecular flexibility index (Phi) is 5.32. The summed E-state index contributed by atoms with van der Waals surface area (Å²) in [4.78, 5) is 13.4. The predicted octanol–water partition coefficient (Wildman–Crippen LogP) is 4.15. The normalized spacial score (nSPS) is 12.1. The van der Waals surface area contributed by atoms with Crippen LogP contribution in [0.4, 0.5) is 5.69 Å². The van der Waals surface area contributed by atoms with E-state index in [0.29, 0.717) is 0 Å². The Labute approximate surface area is 149 Å². The Hall–Kier alpha value is -2.12. The van der Waals surface area contributed by atoms with Gasteiger partial charge in [0.05, 0.1) is 10.1 Å². The minimum absolute atomic E-state index is 0.0467. The highest BCUT2D eigenvalue weighted by molar-refractivity contribution is 8.00. The fraction of sp³-hybridized carbons (Fsp3) is 0.235. The molecule has 0 aliphatic heterocycles. The molecule has 5 nitrogen and oxygen atoms in total. The third-order valence-corrected chi connectivity index (χ3v) is 5.41. The van der Waals surface area contributed by atoms with Gasteiger partial charge in [0.15, 0.2) is 11.0 Å². The molecule has 7 heteroatoms. The van der Waals surface area contributed by atoms with Gasteiger partial charge in [-0.2, -0.15) is 0 Å². The minimum Gasteiger partial charge on any atom is -0.325 e. The monoisotopic (exact) mass is 358 g/mol. The molecule has 3 rings (SSSR count). The highest BCUT2D eigenvalue weighted by atomic mass is 32.2. The number of aromatic nitrogens is 3. The molecule has 1 amide bonds. The number of thioether (sulfide) groups is 1. The number of carbonyl (C=O) groups is 1. The Morgan fingerprint density at radius 1 is 1.25 bits per heavy atom. The first-order chi connectivity index (χ1) is 11.7. The molecule has 1 aromatic carbocycles. The largest absolute Gasteiger partial charge is 0.325 e. The molecule has 0 aliphatic carbocycles. The van der Waals surface area contributed by atoms with Gasteiger partial charge in [-0.15, -0.1) is 21.5 Å². The van der Waals surface area contributed by atoms with Gasteiger partial charge in [-0.25, -0.2) is 0 Å². The second kappa shape index (κ2) is 7.63. The first-order valence-corrected chi connectivity index (χ1v) is 9.44. The molecular weight excluding hydrogens is 340 g/mol. The summed E-state index contributed by atoms with van der Waals surface area (Å²) >= 11 is 3.06. The Morgan fingerprint density at radius 3 is 2.71 bits per heavy atom. The van der Waals surface area contributed by atoms with Crippen molar-refractivity contribution < 1.29 is 4.79 Å². The maximum absolute atomic E-state index is 12.4. The molecule has 0 fully saturated rings. The number of nitrogens with one attached hydrogen (secondary N) is 1. The minimum atomic E-state index is -0.268. The van der Waals surface area contributed by atoms with Crippen molar-refractivity contribution in [3.8, 4) is 10.7 Å². The van der Waals surface area contributed by atoms with Crippen molar-refractivity contribution in [2.45, 2.75) is 30.8 Å². The predicted molar refractivity (Wildman–Crippen MR) is 99.4 cm³/mol. The second-order valence-electron chi connectivity index (χ2n) is 5.14. The highest BCUT2D eigenvalue weighted by Gasteiger charge is 2.20. The van der Waals surface area contributed by atoms with E-state index in [-0.39, 0.29) is 11.2 Å². The van der Waals surface area contributed by atoms with Crippen molar-refractivity contribution in [3.05, 3.63) is 47.8 Å². The number of amides is 1. The zero-order chi connectivity index (χ0) is 16.9. The number of benzene rings is 1. The van der Waals surface area contributed by atoms with Gasteiger partial charge >= 0.3 is 0 Å². The van der Waals surface area contributed by atoms with Gasteiger partial charge in [0.25, 0.3) is 0 Å². The molecule has 0 radical (unpaired) electrons. The summed E-state index contributed by atoms with van der Waals surface area (Å²) in [6, 6.07) is 13.5. The molecule has 0 saturated carbocycles. The number of hydrogen-bond acceptors (Lipinski definition) is 5. The number of carbonyl (C=O) groups excluding carboxylic acids is 1. The van der Waals surface area contributed by atoms with Gasteiger partial charge in [-0.3, -0.25) is 4.79 Å². The van der Waals surface area contributed by atoms with E-state index in [9.17, 15) is 4.79 Å². The van der Waals surface area contributed by atoms with Crippen LogP contribution in [0.15, 0.2) is 53.0 Å². The maximum Gasteiger partial charge on any atom is 0.237 e. The fourth-order valence-electron chi connectivity index (χ4n) is 2.23. The van der Waals surface area contributed by atoms with Gasteiger partial charge in [-0.1, -0.05) is 36.0 Å². The molecule has 124 valence electrons. The van der Waals surface area contributed by atoms with Crippen molar-refractivity contribution in [1.29, 1.82) is 0 Å². The summed E-state index contributed by atoms with van der Waals surface area (Å²) in [5.74, 6) is 0.806. The third kappa shape index (κ3) is 3.68. The topological polar surface area (TPSA) is 59.8 Å². The number of rotatable bonds is 6. The number of para-hydroxylation sites is 1. The Bertz CT molecular complexity index is 799. The number of hydrogen-bond donors (Lipinski definition) is 1. The van der Waals surface area contributed by atoms with Crippen LogP contribution >= 0.6 is 23.1 Å². The van der Waals surface area contributed by atoms with E-state index < -0.39 is 0 Å². The van der Waals surface area contributed by atoms with Crippen LogP contribution in [-0.2, 0) is 11.3 Å².